The smallest absolute Gasteiger partial charge is 0.293 e. The second kappa shape index (κ2) is 11.7. The zero-order valence-corrected chi connectivity index (χ0v) is 23.8. The van der Waals surface area contributed by atoms with Crippen molar-refractivity contribution in [1.29, 1.82) is 0 Å². The van der Waals surface area contributed by atoms with Crippen LogP contribution in [-0.4, -0.2) is 63.5 Å². The molecule has 1 aliphatic rings. The van der Waals surface area contributed by atoms with Gasteiger partial charge in [0.2, 0.25) is 5.75 Å². The number of hydrogen-bond acceptors (Lipinski definition) is 9. The number of carbonyl (C=O) groups excluding carboxylic acids is 3. The van der Waals surface area contributed by atoms with E-state index in [1.54, 1.807) is 30.3 Å². The highest BCUT2D eigenvalue weighted by Gasteiger charge is 2.35. The Bertz CT molecular complexity index is 1450. The largest absolute Gasteiger partial charge is 0.495 e. The van der Waals surface area contributed by atoms with E-state index in [4.69, 9.17) is 42.1 Å². The lowest BCUT2D eigenvalue weighted by atomic mass is 10.1. The molecule has 0 spiro atoms. The van der Waals surface area contributed by atoms with Gasteiger partial charge in [0.15, 0.2) is 11.5 Å². The van der Waals surface area contributed by atoms with Crippen molar-refractivity contribution in [3.63, 3.8) is 0 Å². The maximum absolute atomic E-state index is 12.9. The van der Waals surface area contributed by atoms with E-state index in [2.05, 4.69) is 5.32 Å². The number of carbonyl (C=O) groups is 3. The molecule has 0 bridgehead atoms. The van der Waals surface area contributed by atoms with E-state index >= 15 is 0 Å². The minimum Gasteiger partial charge on any atom is -0.495 e. The van der Waals surface area contributed by atoms with Crippen molar-refractivity contribution in [3.05, 3.63) is 49.7 Å². The van der Waals surface area contributed by atoms with Crippen LogP contribution in [0.3, 0.4) is 0 Å². The molecule has 1 saturated heterocycles. The molecule has 9 nitrogen and oxygen atoms in total. The van der Waals surface area contributed by atoms with Gasteiger partial charge in [-0.25, -0.2) is 0 Å². The van der Waals surface area contributed by atoms with Crippen molar-refractivity contribution in [1.82, 2.24) is 10.2 Å². The van der Waals surface area contributed by atoms with Crippen molar-refractivity contribution in [2.45, 2.75) is 0 Å². The Labute approximate surface area is 236 Å². The number of fused-ring (bicyclic) bond motifs is 1. The van der Waals surface area contributed by atoms with Gasteiger partial charge >= 0.3 is 0 Å². The van der Waals surface area contributed by atoms with Gasteiger partial charge in [0, 0.05) is 18.5 Å². The van der Waals surface area contributed by atoms with Crippen LogP contribution in [0, 0.1) is 0 Å². The van der Waals surface area contributed by atoms with Gasteiger partial charge in [-0.05, 0) is 47.7 Å². The van der Waals surface area contributed by atoms with Crippen LogP contribution in [0.25, 0.3) is 16.2 Å². The molecule has 38 heavy (non-hydrogen) atoms. The van der Waals surface area contributed by atoms with E-state index in [-0.39, 0.29) is 27.9 Å². The van der Waals surface area contributed by atoms with Crippen LogP contribution in [0.15, 0.2) is 29.2 Å². The molecule has 3 amide bonds. The van der Waals surface area contributed by atoms with E-state index in [0.29, 0.717) is 43.7 Å². The maximum Gasteiger partial charge on any atom is 0.293 e. The highest BCUT2D eigenvalue weighted by molar-refractivity contribution is 8.18. The summed E-state index contributed by atoms with van der Waals surface area (Å²) in [6.45, 7) is 0.0239. The zero-order valence-electron chi connectivity index (χ0n) is 20.7. The Hall–Kier alpha value is -3.12. The van der Waals surface area contributed by atoms with Crippen LogP contribution < -0.4 is 24.3 Å². The van der Waals surface area contributed by atoms with Crippen LogP contribution in [-0.2, 0) is 4.79 Å². The maximum atomic E-state index is 12.9. The summed E-state index contributed by atoms with van der Waals surface area (Å²) in [7, 11) is 5.97. The number of hydrogen-bond donors (Lipinski definition) is 1. The third kappa shape index (κ3) is 5.24. The van der Waals surface area contributed by atoms with Gasteiger partial charge in [-0.3, -0.25) is 19.3 Å². The summed E-state index contributed by atoms with van der Waals surface area (Å²) in [5, 5.41) is 3.55. The predicted octanol–water partition coefficient (Wildman–Crippen LogP) is 5.71. The summed E-state index contributed by atoms with van der Waals surface area (Å²) >= 11 is 14.7. The zero-order chi connectivity index (χ0) is 27.6. The lowest BCUT2D eigenvalue weighted by Gasteiger charge is -2.13. The molecular formula is C25H22Cl2N2O7S2. The number of halogens is 2. The van der Waals surface area contributed by atoms with Crippen LogP contribution >= 0.6 is 46.3 Å². The molecule has 13 heteroatoms. The van der Waals surface area contributed by atoms with E-state index in [1.165, 1.54) is 28.4 Å². The summed E-state index contributed by atoms with van der Waals surface area (Å²) in [5.41, 5.74) is 0.591. The SMILES string of the molecule is COc1cc(C=C2SC(=O)N(CCNC(=O)c3sc4c(Cl)c(OC)ccc4c3Cl)C2=O)cc(OC)c1OC. The quantitative estimate of drug-likeness (QED) is 0.313. The molecule has 1 aliphatic heterocycles. The number of amides is 3. The number of thioether (sulfide) groups is 1. The number of ether oxygens (including phenoxy) is 4. The molecule has 0 saturated carbocycles. The number of nitrogens with one attached hydrogen (secondary N) is 1. The minimum absolute atomic E-state index is 0.0138. The van der Waals surface area contributed by atoms with Gasteiger partial charge < -0.3 is 24.3 Å². The molecule has 0 radical (unpaired) electrons. The predicted molar refractivity (Wildman–Crippen MR) is 150 cm³/mol. The highest BCUT2D eigenvalue weighted by atomic mass is 35.5. The first kappa shape index (κ1) is 27.9. The lowest BCUT2D eigenvalue weighted by Crippen LogP contribution is -2.37. The van der Waals surface area contributed by atoms with E-state index in [9.17, 15) is 14.4 Å². The third-order valence-electron chi connectivity index (χ3n) is 5.61. The molecule has 4 rings (SSSR count). The third-order valence-corrected chi connectivity index (χ3v) is 8.73. The average molecular weight is 597 g/mol. The first-order valence-electron chi connectivity index (χ1n) is 11.0. The normalized spacial score (nSPS) is 14.4. The number of thiophene rings is 1. The van der Waals surface area contributed by atoms with Gasteiger partial charge in [-0.1, -0.05) is 23.2 Å². The Morgan fingerprint density at radius 3 is 2.24 bits per heavy atom. The summed E-state index contributed by atoms with van der Waals surface area (Å²) in [4.78, 5) is 39.9. The Kier molecular flexibility index (Phi) is 8.61. The van der Waals surface area contributed by atoms with Crippen LogP contribution in [0.1, 0.15) is 15.2 Å². The number of imide groups is 1. The monoisotopic (exact) mass is 596 g/mol. The first-order chi connectivity index (χ1) is 18.2. The number of rotatable bonds is 9. The molecule has 2 heterocycles. The fourth-order valence-corrected chi connectivity index (χ4v) is 6.45. The number of nitrogens with zero attached hydrogens (tertiary/aromatic N) is 1. The Balaban J connectivity index is 1.45. The fraction of sp³-hybridized carbons (Fsp3) is 0.240. The summed E-state index contributed by atoms with van der Waals surface area (Å²) in [5.74, 6) is 0.811. The molecule has 0 atom stereocenters. The van der Waals surface area contributed by atoms with Crippen molar-refractivity contribution < 1.29 is 33.3 Å². The minimum atomic E-state index is -0.471. The second-order valence-corrected chi connectivity index (χ2v) is 10.5. The number of methoxy groups -OCH3 is 4. The molecule has 2 aromatic carbocycles. The lowest BCUT2D eigenvalue weighted by molar-refractivity contribution is -0.122. The fourth-order valence-electron chi connectivity index (χ4n) is 3.77. The van der Waals surface area contributed by atoms with Crippen LogP contribution in [0.5, 0.6) is 23.0 Å². The first-order valence-corrected chi connectivity index (χ1v) is 13.4. The molecule has 1 aromatic heterocycles. The topological polar surface area (TPSA) is 103 Å². The van der Waals surface area contributed by atoms with E-state index in [1.807, 2.05) is 0 Å². The molecular weight excluding hydrogens is 575 g/mol. The van der Waals surface area contributed by atoms with Crippen molar-refractivity contribution in [2.24, 2.45) is 0 Å². The highest BCUT2D eigenvalue weighted by Crippen LogP contribution is 2.43. The van der Waals surface area contributed by atoms with Crippen LogP contribution in [0.4, 0.5) is 4.79 Å². The molecule has 0 aliphatic carbocycles. The average Bonchev–Trinajstić information content (AvgIpc) is 3.39. The van der Waals surface area contributed by atoms with Gasteiger partial charge in [0.1, 0.15) is 15.6 Å². The summed E-state index contributed by atoms with van der Waals surface area (Å²) < 4.78 is 21.9. The van der Waals surface area contributed by atoms with Crippen molar-refractivity contribution >= 4 is 79.5 Å². The van der Waals surface area contributed by atoms with E-state index in [0.717, 1.165) is 28.0 Å². The van der Waals surface area contributed by atoms with Gasteiger partial charge in [0.05, 0.1) is 43.1 Å². The molecule has 3 aromatic rings. The van der Waals surface area contributed by atoms with E-state index < -0.39 is 17.1 Å². The Morgan fingerprint density at radius 1 is 0.974 bits per heavy atom. The van der Waals surface area contributed by atoms with Gasteiger partial charge in [0.25, 0.3) is 17.1 Å². The summed E-state index contributed by atoms with van der Waals surface area (Å²) in [6.07, 6.45) is 1.57. The number of benzene rings is 2. The standard InChI is InChI=1S/C25H22Cl2N2O7S2/c1-33-14-6-5-13-18(26)22(38-21(13)19(14)27)23(30)28-7-8-29-24(31)17(37-25(29)32)11-12-9-15(34-2)20(36-4)16(10-12)35-3/h5-6,9-11H,7-8H2,1-4H3,(H,28,30). The van der Waals surface area contributed by atoms with Gasteiger partial charge in [-0.2, -0.15) is 0 Å². The van der Waals surface area contributed by atoms with Crippen molar-refractivity contribution in [2.75, 3.05) is 41.5 Å². The summed E-state index contributed by atoms with van der Waals surface area (Å²) in [6, 6.07) is 6.75. The molecule has 200 valence electrons. The molecule has 1 fully saturated rings. The van der Waals surface area contributed by atoms with Gasteiger partial charge in [-0.15, -0.1) is 11.3 Å². The molecule has 1 N–H and O–H groups in total. The Morgan fingerprint density at radius 2 is 1.63 bits per heavy atom. The second-order valence-electron chi connectivity index (χ2n) is 7.75. The van der Waals surface area contributed by atoms with Crippen LogP contribution in [0.2, 0.25) is 10.0 Å². The van der Waals surface area contributed by atoms with Crippen molar-refractivity contribution in [3.8, 4) is 23.0 Å². The molecule has 0 unspecified atom stereocenters.